The lowest BCUT2D eigenvalue weighted by Crippen LogP contribution is -2.52. The van der Waals surface area contributed by atoms with E-state index in [1.165, 1.54) is 5.56 Å². The maximum atomic E-state index is 13.7. The van der Waals surface area contributed by atoms with Crippen molar-refractivity contribution in [1.29, 1.82) is 0 Å². The van der Waals surface area contributed by atoms with Crippen LogP contribution in [0.25, 0.3) is 11.0 Å². The molecule has 172 valence electrons. The molecule has 2 N–H and O–H groups in total. The Bertz CT molecular complexity index is 963. The third-order valence-corrected chi connectivity index (χ3v) is 6.71. The largest absolute Gasteiger partial charge is 0.358 e. The summed E-state index contributed by atoms with van der Waals surface area (Å²) in [5.74, 6) is 1.43. The van der Waals surface area contributed by atoms with Crippen LogP contribution in [0.15, 0.2) is 53.4 Å². The molecule has 2 unspecified atom stereocenters. The molecule has 0 aliphatic carbocycles. The van der Waals surface area contributed by atoms with Crippen LogP contribution in [-0.2, 0) is 0 Å². The summed E-state index contributed by atoms with van der Waals surface area (Å²) < 4.78 is 13.7. The summed E-state index contributed by atoms with van der Waals surface area (Å²) in [5, 5.41) is 6.86. The molecule has 0 amide bonds. The monoisotopic (exact) mass is 454 g/mol. The van der Waals surface area contributed by atoms with Gasteiger partial charge in [-0.15, -0.1) is 0 Å². The van der Waals surface area contributed by atoms with Gasteiger partial charge in [0.2, 0.25) is 0 Å². The predicted molar refractivity (Wildman–Crippen MR) is 138 cm³/mol. The second kappa shape index (κ2) is 10.5. The van der Waals surface area contributed by atoms with Crippen LogP contribution in [0.3, 0.4) is 0 Å². The van der Waals surface area contributed by atoms with Gasteiger partial charge in [0.05, 0.1) is 12.5 Å². The van der Waals surface area contributed by atoms with Crippen LogP contribution in [0.4, 0.5) is 4.39 Å². The molecular weight excluding hydrogens is 419 g/mol. The van der Waals surface area contributed by atoms with E-state index in [4.69, 9.17) is 0 Å². The highest BCUT2D eigenvalue weighted by Gasteiger charge is 2.30. The van der Waals surface area contributed by atoms with Gasteiger partial charge in [-0.2, -0.15) is 0 Å². The number of halogens is 1. The van der Waals surface area contributed by atoms with Crippen molar-refractivity contribution in [3.8, 4) is 0 Å². The molecule has 4 nitrogen and oxygen atoms in total. The van der Waals surface area contributed by atoms with Gasteiger partial charge in [0.15, 0.2) is 0 Å². The van der Waals surface area contributed by atoms with Gasteiger partial charge in [0, 0.05) is 42.2 Å². The van der Waals surface area contributed by atoms with Crippen molar-refractivity contribution >= 4 is 29.0 Å². The number of likely N-dealkylation sites (tertiary alicyclic amines) is 1. The Kier molecular flexibility index (Phi) is 8.01. The van der Waals surface area contributed by atoms with Crippen LogP contribution in [0.5, 0.6) is 0 Å². The zero-order valence-electron chi connectivity index (χ0n) is 19.7. The first kappa shape index (κ1) is 24.3. The average molecular weight is 455 g/mol. The lowest BCUT2D eigenvalue weighted by atomic mass is 9.92. The Morgan fingerprint density at radius 3 is 2.66 bits per heavy atom. The first-order valence-electron chi connectivity index (χ1n) is 11.1. The number of alkyl halides is 1. The van der Waals surface area contributed by atoms with E-state index in [1.54, 1.807) is 11.8 Å². The third-order valence-electron chi connectivity index (χ3n) is 5.88. The molecule has 2 heterocycles. The van der Waals surface area contributed by atoms with E-state index in [2.05, 4.69) is 73.2 Å². The van der Waals surface area contributed by atoms with E-state index >= 15 is 0 Å². The highest BCUT2D eigenvalue weighted by Crippen LogP contribution is 2.34. The molecule has 3 rings (SSSR count). The Morgan fingerprint density at radius 1 is 1.28 bits per heavy atom. The molecule has 0 aromatic heterocycles. The fourth-order valence-electron chi connectivity index (χ4n) is 4.17. The highest BCUT2D eigenvalue weighted by molar-refractivity contribution is 8.11. The second-order valence-corrected chi connectivity index (χ2v) is 10.3. The molecule has 0 saturated carbocycles. The van der Waals surface area contributed by atoms with E-state index in [0.717, 1.165) is 51.1 Å². The van der Waals surface area contributed by atoms with Crippen LogP contribution in [0.1, 0.15) is 49.4 Å². The molecule has 2 aliphatic rings. The molecule has 1 aromatic carbocycles. The maximum absolute atomic E-state index is 13.7. The quantitative estimate of drug-likeness (QED) is 0.503. The van der Waals surface area contributed by atoms with Crippen molar-refractivity contribution in [3.05, 3.63) is 70.7 Å². The van der Waals surface area contributed by atoms with Gasteiger partial charge in [0.1, 0.15) is 5.82 Å². The van der Waals surface area contributed by atoms with Crippen molar-refractivity contribution in [1.82, 2.24) is 15.5 Å². The van der Waals surface area contributed by atoms with Gasteiger partial charge in [-0.3, -0.25) is 4.39 Å². The number of fused-ring (bicyclic) bond motifs is 2. The number of hydrogen-bond acceptors (Lipinski definition) is 5. The van der Waals surface area contributed by atoms with Crippen molar-refractivity contribution < 1.29 is 4.39 Å². The number of aliphatic imine (C=N–C) groups is 1. The molecule has 0 radical (unpaired) electrons. The van der Waals surface area contributed by atoms with Gasteiger partial charge in [-0.1, -0.05) is 45.3 Å². The van der Waals surface area contributed by atoms with Crippen LogP contribution in [-0.4, -0.2) is 43.0 Å². The number of allylic oxidation sites excluding steroid dienone is 1. The Labute approximate surface area is 196 Å². The summed E-state index contributed by atoms with van der Waals surface area (Å²) in [6.45, 7) is 21.8. The Balaban J connectivity index is 1.73. The number of piperidine rings is 1. The summed E-state index contributed by atoms with van der Waals surface area (Å²) >= 11 is 1.58. The van der Waals surface area contributed by atoms with E-state index in [1.807, 2.05) is 19.2 Å². The second-order valence-electron chi connectivity index (χ2n) is 8.94. The van der Waals surface area contributed by atoms with Crippen LogP contribution < -0.4 is 10.6 Å². The lowest BCUT2D eigenvalue weighted by molar-refractivity contribution is 0.136. The molecule has 2 atom stereocenters. The molecule has 32 heavy (non-hydrogen) atoms. The van der Waals surface area contributed by atoms with Crippen LogP contribution in [0, 0.1) is 12.8 Å². The van der Waals surface area contributed by atoms with E-state index in [9.17, 15) is 4.39 Å². The summed E-state index contributed by atoms with van der Waals surface area (Å²) in [5.41, 5.74) is 4.40. The van der Waals surface area contributed by atoms with E-state index in [-0.39, 0.29) is 18.6 Å². The molecule has 2 bridgehead atoms. The maximum Gasteiger partial charge on any atom is 0.131 e. The van der Waals surface area contributed by atoms with Crippen molar-refractivity contribution in [2.45, 2.75) is 46.2 Å². The SMILES string of the molecule is C=C(C)SC(=C)c1cc2c(C)c(c1)C=C(NC(=C)N1CCC(NC(C)C)C(CF)C1)N=C2. The van der Waals surface area contributed by atoms with Gasteiger partial charge < -0.3 is 15.5 Å². The summed E-state index contributed by atoms with van der Waals surface area (Å²) in [6.07, 6.45) is 4.81. The van der Waals surface area contributed by atoms with Crippen molar-refractivity contribution in [3.63, 3.8) is 0 Å². The fourth-order valence-corrected chi connectivity index (χ4v) is 4.83. The smallest absolute Gasteiger partial charge is 0.131 e. The fraction of sp³-hybridized carbons (Fsp3) is 0.423. The number of hydrogen-bond donors (Lipinski definition) is 2. The highest BCUT2D eigenvalue weighted by atomic mass is 32.2. The van der Waals surface area contributed by atoms with E-state index in [0.29, 0.717) is 12.6 Å². The Hall–Kier alpha value is -2.31. The Morgan fingerprint density at radius 2 is 2.00 bits per heavy atom. The molecule has 0 spiro atoms. The molecule has 1 fully saturated rings. The minimum absolute atomic E-state index is 0.0482. The lowest BCUT2D eigenvalue weighted by Gasteiger charge is -2.40. The molecule has 1 saturated heterocycles. The summed E-state index contributed by atoms with van der Waals surface area (Å²) in [7, 11) is 0. The summed E-state index contributed by atoms with van der Waals surface area (Å²) in [4.78, 5) is 8.76. The molecule has 6 heteroatoms. The number of rotatable bonds is 9. The van der Waals surface area contributed by atoms with Crippen LogP contribution >= 0.6 is 11.8 Å². The van der Waals surface area contributed by atoms with Gasteiger partial charge in [-0.25, -0.2) is 4.99 Å². The zero-order valence-corrected chi connectivity index (χ0v) is 20.5. The molecule has 1 aromatic rings. The van der Waals surface area contributed by atoms with Crippen LogP contribution in [0.2, 0.25) is 0 Å². The first-order valence-corrected chi connectivity index (χ1v) is 12.0. The first-order chi connectivity index (χ1) is 15.2. The van der Waals surface area contributed by atoms with Gasteiger partial charge >= 0.3 is 0 Å². The van der Waals surface area contributed by atoms with E-state index < -0.39 is 0 Å². The number of nitrogens with one attached hydrogen (secondary N) is 2. The van der Waals surface area contributed by atoms with Crippen molar-refractivity contribution in [2.24, 2.45) is 10.9 Å². The number of nitrogens with zero attached hydrogens (tertiary/aromatic N) is 2. The van der Waals surface area contributed by atoms with Gasteiger partial charge in [-0.05, 0) is 65.6 Å². The van der Waals surface area contributed by atoms with Crippen molar-refractivity contribution in [2.75, 3.05) is 19.8 Å². The topological polar surface area (TPSA) is 39.7 Å². The minimum atomic E-state index is -0.338. The molecular formula is C26H35FN4S. The normalized spacial score (nSPS) is 20.1. The average Bonchev–Trinajstić information content (AvgIpc) is 2.80. The third kappa shape index (κ3) is 5.93. The molecule has 2 aliphatic heterocycles. The predicted octanol–water partition coefficient (Wildman–Crippen LogP) is 5.68. The van der Waals surface area contributed by atoms with Gasteiger partial charge in [0.25, 0.3) is 0 Å². The number of benzene rings is 1. The minimum Gasteiger partial charge on any atom is -0.358 e. The number of thioether (sulfide) groups is 1. The summed E-state index contributed by atoms with van der Waals surface area (Å²) in [6, 6.07) is 4.80. The zero-order chi connectivity index (χ0) is 23.4. The standard InChI is InChI=1S/C26H35FN4S/c1-16(2)29-25-8-9-31(15-24(25)13-27)20(7)30-26-12-21-10-22(19(6)32-17(3)4)11-23(14-28-26)18(21)5/h10-12,14,16,24-25,29-30H,3,6-9,13,15H2,1-2,4-5H3.